The van der Waals surface area contributed by atoms with Gasteiger partial charge in [-0.2, -0.15) is 13.2 Å². The number of sulfonamides is 1. The number of alkyl halides is 3. The highest BCUT2D eigenvalue weighted by atomic mass is 35.5. The molecule has 130 valence electrons. The third-order valence-electron chi connectivity index (χ3n) is 2.78. The van der Waals surface area contributed by atoms with Crippen LogP contribution in [0.2, 0.25) is 5.02 Å². The highest BCUT2D eigenvalue weighted by molar-refractivity contribution is 7.89. The fraction of sp³-hybridized carbons (Fsp3) is 0.214. The van der Waals surface area contributed by atoms with Crippen molar-refractivity contribution in [3.8, 4) is 5.88 Å². The van der Waals surface area contributed by atoms with Crippen molar-refractivity contribution in [2.75, 3.05) is 6.61 Å². The van der Waals surface area contributed by atoms with Crippen molar-refractivity contribution in [1.82, 2.24) is 9.71 Å². The molecule has 10 heteroatoms. The quantitative estimate of drug-likeness (QED) is 0.836. The zero-order chi connectivity index (χ0) is 17.8. The average molecular weight is 381 g/mol. The number of aromatic nitrogens is 1. The first-order valence-corrected chi connectivity index (χ1v) is 8.42. The lowest BCUT2D eigenvalue weighted by atomic mass is 10.3. The molecule has 0 spiro atoms. The number of nitrogens with one attached hydrogen (secondary N) is 1. The minimum Gasteiger partial charge on any atom is -0.468 e. The molecular weight excluding hydrogens is 369 g/mol. The SMILES string of the molecule is O=S(=O)(NCc1cccnc1OCC(F)(F)F)c1cccc(Cl)c1. The molecule has 1 aromatic carbocycles. The van der Waals surface area contributed by atoms with E-state index in [-0.39, 0.29) is 27.9 Å². The van der Waals surface area contributed by atoms with Gasteiger partial charge in [-0.3, -0.25) is 0 Å². The summed E-state index contributed by atoms with van der Waals surface area (Å²) < 4.78 is 67.9. The van der Waals surface area contributed by atoms with Crippen LogP contribution in [0.4, 0.5) is 13.2 Å². The van der Waals surface area contributed by atoms with Gasteiger partial charge in [0.1, 0.15) is 0 Å². The predicted octanol–water partition coefficient (Wildman–Crippen LogP) is 3.15. The van der Waals surface area contributed by atoms with Crippen molar-refractivity contribution >= 4 is 21.6 Å². The maximum absolute atomic E-state index is 12.2. The monoisotopic (exact) mass is 380 g/mol. The van der Waals surface area contributed by atoms with Crippen molar-refractivity contribution < 1.29 is 26.3 Å². The topological polar surface area (TPSA) is 68.3 Å². The molecule has 1 aromatic heterocycles. The molecule has 0 fully saturated rings. The van der Waals surface area contributed by atoms with E-state index in [2.05, 4.69) is 14.4 Å². The number of halogens is 4. The van der Waals surface area contributed by atoms with E-state index < -0.39 is 22.8 Å². The highest BCUT2D eigenvalue weighted by Crippen LogP contribution is 2.21. The van der Waals surface area contributed by atoms with Gasteiger partial charge in [0.05, 0.1) is 4.90 Å². The van der Waals surface area contributed by atoms with E-state index in [1.54, 1.807) is 0 Å². The van der Waals surface area contributed by atoms with Crippen LogP contribution >= 0.6 is 11.6 Å². The Balaban J connectivity index is 2.12. The lowest BCUT2D eigenvalue weighted by Gasteiger charge is -2.12. The summed E-state index contributed by atoms with van der Waals surface area (Å²) in [7, 11) is -3.88. The average Bonchev–Trinajstić information content (AvgIpc) is 2.51. The van der Waals surface area contributed by atoms with Crippen molar-refractivity contribution in [3.63, 3.8) is 0 Å². The molecule has 0 aliphatic heterocycles. The summed E-state index contributed by atoms with van der Waals surface area (Å²) in [5, 5.41) is 0.244. The first-order valence-electron chi connectivity index (χ1n) is 6.56. The Kier molecular flexibility index (Phi) is 5.68. The van der Waals surface area contributed by atoms with Crippen molar-refractivity contribution in [3.05, 3.63) is 53.2 Å². The lowest BCUT2D eigenvalue weighted by molar-refractivity contribution is -0.154. The number of benzene rings is 1. The third kappa shape index (κ3) is 5.36. The van der Waals surface area contributed by atoms with E-state index in [1.807, 2.05) is 0 Å². The molecule has 0 aliphatic rings. The number of pyridine rings is 1. The zero-order valence-corrected chi connectivity index (χ0v) is 13.6. The molecule has 0 radical (unpaired) electrons. The molecule has 24 heavy (non-hydrogen) atoms. The van der Waals surface area contributed by atoms with Gasteiger partial charge in [-0.1, -0.05) is 23.7 Å². The zero-order valence-electron chi connectivity index (χ0n) is 12.0. The van der Waals surface area contributed by atoms with Crippen LogP contribution in [0, 0.1) is 0 Å². The smallest absolute Gasteiger partial charge is 0.422 e. The molecule has 0 unspecified atom stereocenters. The minimum absolute atomic E-state index is 0.0587. The Morgan fingerprint density at radius 3 is 2.62 bits per heavy atom. The molecule has 2 aromatic rings. The largest absolute Gasteiger partial charge is 0.468 e. The molecule has 0 saturated carbocycles. The second-order valence-electron chi connectivity index (χ2n) is 4.65. The predicted molar refractivity (Wildman–Crippen MR) is 81.3 cm³/mol. The summed E-state index contributed by atoms with van der Waals surface area (Å²) in [6.07, 6.45) is -3.27. The van der Waals surface area contributed by atoms with Gasteiger partial charge in [-0.15, -0.1) is 0 Å². The molecule has 1 N–H and O–H groups in total. The summed E-state index contributed by atoms with van der Waals surface area (Å²) >= 11 is 5.75. The van der Waals surface area contributed by atoms with E-state index in [0.717, 1.165) is 0 Å². The molecule has 1 heterocycles. The van der Waals surface area contributed by atoms with Crippen LogP contribution in [0.25, 0.3) is 0 Å². The van der Waals surface area contributed by atoms with Crippen LogP contribution in [0.5, 0.6) is 5.88 Å². The van der Waals surface area contributed by atoms with Gasteiger partial charge in [-0.05, 0) is 24.3 Å². The van der Waals surface area contributed by atoms with E-state index in [4.69, 9.17) is 11.6 Å². The number of nitrogens with zero attached hydrogens (tertiary/aromatic N) is 1. The lowest BCUT2D eigenvalue weighted by Crippen LogP contribution is -2.24. The van der Waals surface area contributed by atoms with Crippen molar-refractivity contribution in [2.24, 2.45) is 0 Å². The van der Waals surface area contributed by atoms with Gasteiger partial charge >= 0.3 is 6.18 Å². The van der Waals surface area contributed by atoms with Gasteiger partial charge in [0, 0.05) is 23.3 Å². The number of hydrogen-bond acceptors (Lipinski definition) is 4. The molecule has 0 amide bonds. The Bertz CT molecular complexity index is 813. The Morgan fingerprint density at radius 2 is 1.96 bits per heavy atom. The Labute approximate surface area is 141 Å². The molecule has 0 aliphatic carbocycles. The molecule has 5 nitrogen and oxygen atoms in total. The molecule has 2 rings (SSSR count). The third-order valence-corrected chi connectivity index (χ3v) is 4.42. The first kappa shape index (κ1) is 18.5. The van der Waals surface area contributed by atoms with Crippen LogP contribution in [-0.2, 0) is 16.6 Å². The fourth-order valence-electron chi connectivity index (χ4n) is 1.73. The van der Waals surface area contributed by atoms with E-state index in [0.29, 0.717) is 0 Å². The Morgan fingerprint density at radius 1 is 1.21 bits per heavy atom. The highest BCUT2D eigenvalue weighted by Gasteiger charge is 2.29. The van der Waals surface area contributed by atoms with Gasteiger partial charge in [0.2, 0.25) is 15.9 Å². The van der Waals surface area contributed by atoms with Gasteiger partial charge < -0.3 is 4.74 Å². The van der Waals surface area contributed by atoms with Gasteiger partial charge in [-0.25, -0.2) is 18.1 Å². The Hall–Kier alpha value is -1.84. The summed E-state index contributed by atoms with van der Waals surface area (Å²) in [6.45, 7) is -1.80. The van der Waals surface area contributed by atoms with E-state index in [9.17, 15) is 21.6 Å². The van der Waals surface area contributed by atoms with Gasteiger partial charge in [0.15, 0.2) is 6.61 Å². The van der Waals surface area contributed by atoms with Crippen LogP contribution in [0.15, 0.2) is 47.5 Å². The molecule has 0 saturated heterocycles. The van der Waals surface area contributed by atoms with Crippen LogP contribution < -0.4 is 9.46 Å². The molecule has 0 atom stereocenters. The van der Waals surface area contributed by atoms with Crippen LogP contribution in [0.1, 0.15) is 5.56 Å². The van der Waals surface area contributed by atoms with Crippen LogP contribution in [0.3, 0.4) is 0 Å². The summed E-state index contributed by atoms with van der Waals surface area (Å²) in [6, 6.07) is 8.47. The summed E-state index contributed by atoms with van der Waals surface area (Å²) in [4.78, 5) is 3.63. The van der Waals surface area contributed by atoms with Crippen molar-refractivity contribution in [1.29, 1.82) is 0 Å². The molecular formula is C14H12ClF3N2O3S. The number of hydrogen-bond donors (Lipinski definition) is 1. The molecule has 0 bridgehead atoms. The summed E-state index contributed by atoms with van der Waals surface area (Å²) in [5.41, 5.74) is 0.173. The maximum atomic E-state index is 12.2. The number of ether oxygens (including phenoxy) is 1. The second kappa shape index (κ2) is 7.37. The van der Waals surface area contributed by atoms with E-state index >= 15 is 0 Å². The minimum atomic E-state index is -4.52. The second-order valence-corrected chi connectivity index (χ2v) is 6.86. The maximum Gasteiger partial charge on any atom is 0.422 e. The van der Waals surface area contributed by atoms with Crippen LogP contribution in [-0.4, -0.2) is 26.2 Å². The first-order chi connectivity index (χ1) is 11.2. The van der Waals surface area contributed by atoms with E-state index in [1.165, 1.54) is 42.6 Å². The van der Waals surface area contributed by atoms with Crippen molar-refractivity contribution in [2.45, 2.75) is 17.6 Å². The fourth-order valence-corrected chi connectivity index (χ4v) is 3.04. The summed E-state index contributed by atoms with van der Waals surface area (Å²) in [5.74, 6) is -0.288. The van der Waals surface area contributed by atoms with Gasteiger partial charge in [0.25, 0.3) is 0 Å². The normalized spacial score (nSPS) is 12.2. The number of rotatable bonds is 6. The standard InChI is InChI=1S/C14H12ClF3N2O3S/c15-11-4-1-5-12(7-11)24(21,22)20-8-10-3-2-6-19-13(10)23-9-14(16,17)18/h1-7,20H,8-9H2.